The molecule has 3 aliphatic rings. The molecule has 2 unspecified atom stereocenters. The number of rotatable bonds is 4. The normalized spacial score (nSPS) is 27.2. The van der Waals surface area contributed by atoms with Gasteiger partial charge in [-0.05, 0) is 32.1 Å². The van der Waals surface area contributed by atoms with Crippen molar-refractivity contribution in [2.24, 2.45) is 5.92 Å². The van der Waals surface area contributed by atoms with Crippen molar-refractivity contribution in [2.45, 2.75) is 89.1 Å². The Morgan fingerprint density at radius 3 is 2.69 bits per heavy atom. The summed E-state index contributed by atoms with van der Waals surface area (Å²) in [5, 5.41) is 4.97. The fourth-order valence-corrected chi connectivity index (χ4v) is 5.72. The van der Waals surface area contributed by atoms with E-state index in [1.54, 1.807) is 7.11 Å². The lowest BCUT2D eigenvalue weighted by atomic mass is 9.64. The number of ether oxygens (including phenoxy) is 1. The van der Waals surface area contributed by atoms with Crippen LogP contribution in [0.2, 0.25) is 0 Å². The van der Waals surface area contributed by atoms with Crippen LogP contribution in [0.3, 0.4) is 0 Å². The molecular weight excluding hydrogens is 328 g/mol. The average Bonchev–Trinajstić information content (AvgIpc) is 3.08. The lowest BCUT2D eigenvalue weighted by Gasteiger charge is -2.55. The van der Waals surface area contributed by atoms with Crippen LogP contribution in [-0.4, -0.2) is 40.4 Å². The van der Waals surface area contributed by atoms with Crippen LogP contribution in [0.25, 0.3) is 0 Å². The van der Waals surface area contributed by atoms with E-state index in [0.29, 0.717) is 5.92 Å². The van der Waals surface area contributed by atoms with Gasteiger partial charge in [-0.3, -0.25) is 9.69 Å². The zero-order valence-electron chi connectivity index (χ0n) is 16.2. The first-order valence-corrected chi connectivity index (χ1v) is 10.5. The second-order valence-electron chi connectivity index (χ2n) is 8.31. The van der Waals surface area contributed by atoms with E-state index in [2.05, 4.69) is 11.6 Å². The van der Waals surface area contributed by atoms with Gasteiger partial charge < -0.3 is 4.74 Å². The SMILES string of the molecule is CCCc1nc2n(n1)C1(CCCCC1)C1CCCCC1N2C(=O)COC. The molecule has 1 amide bonds. The molecule has 1 spiro atoms. The van der Waals surface area contributed by atoms with Crippen molar-refractivity contribution in [1.29, 1.82) is 0 Å². The van der Waals surface area contributed by atoms with E-state index in [1.165, 1.54) is 51.4 Å². The zero-order chi connectivity index (χ0) is 18.1. The van der Waals surface area contributed by atoms with Gasteiger partial charge in [0.15, 0.2) is 5.82 Å². The highest BCUT2D eigenvalue weighted by molar-refractivity contribution is 5.93. The third kappa shape index (κ3) is 2.77. The number of methoxy groups -OCH3 is 1. The Labute approximate surface area is 156 Å². The minimum absolute atomic E-state index is 0.0340. The first-order chi connectivity index (χ1) is 12.7. The highest BCUT2D eigenvalue weighted by Gasteiger charge is 2.54. The number of carbonyl (C=O) groups excluding carboxylic acids is 1. The molecule has 2 atom stereocenters. The maximum atomic E-state index is 13.0. The maximum absolute atomic E-state index is 13.0. The predicted molar refractivity (Wildman–Crippen MR) is 100 cm³/mol. The molecule has 2 aliphatic carbocycles. The highest BCUT2D eigenvalue weighted by atomic mass is 16.5. The molecule has 2 fully saturated rings. The predicted octanol–water partition coefficient (Wildman–Crippen LogP) is 3.44. The first kappa shape index (κ1) is 18.0. The molecule has 6 nitrogen and oxygen atoms in total. The minimum Gasteiger partial charge on any atom is -0.375 e. The molecule has 0 radical (unpaired) electrons. The molecule has 0 bridgehead atoms. The van der Waals surface area contributed by atoms with Gasteiger partial charge >= 0.3 is 0 Å². The van der Waals surface area contributed by atoms with Crippen LogP contribution < -0.4 is 4.90 Å². The second-order valence-corrected chi connectivity index (χ2v) is 8.31. The Balaban J connectivity index is 1.84. The summed E-state index contributed by atoms with van der Waals surface area (Å²) in [7, 11) is 1.59. The van der Waals surface area contributed by atoms with Gasteiger partial charge in [0.1, 0.15) is 6.61 Å². The van der Waals surface area contributed by atoms with Gasteiger partial charge in [0.2, 0.25) is 5.95 Å². The molecule has 1 aromatic heterocycles. The van der Waals surface area contributed by atoms with Crippen LogP contribution in [0, 0.1) is 5.92 Å². The fourth-order valence-electron chi connectivity index (χ4n) is 5.72. The van der Waals surface area contributed by atoms with Gasteiger partial charge in [-0.25, -0.2) is 4.68 Å². The average molecular weight is 361 g/mol. The molecule has 0 saturated heterocycles. The minimum atomic E-state index is 0.0340. The summed E-state index contributed by atoms with van der Waals surface area (Å²) < 4.78 is 7.39. The van der Waals surface area contributed by atoms with E-state index >= 15 is 0 Å². The van der Waals surface area contributed by atoms with Crippen molar-refractivity contribution in [3.8, 4) is 0 Å². The third-order valence-electron chi connectivity index (χ3n) is 6.75. The number of hydrogen-bond donors (Lipinski definition) is 0. The van der Waals surface area contributed by atoms with Crippen LogP contribution >= 0.6 is 0 Å². The maximum Gasteiger partial charge on any atom is 0.255 e. The summed E-state index contributed by atoms with van der Waals surface area (Å²) in [6.07, 6.45) is 12.8. The van der Waals surface area contributed by atoms with E-state index in [0.717, 1.165) is 31.0 Å². The monoisotopic (exact) mass is 360 g/mol. The van der Waals surface area contributed by atoms with E-state index in [9.17, 15) is 4.79 Å². The van der Waals surface area contributed by atoms with Crippen molar-refractivity contribution < 1.29 is 9.53 Å². The number of amides is 1. The van der Waals surface area contributed by atoms with Gasteiger partial charge in [-0.2, -0.15) is 10.1 Å². The quantitative estimate of drug-likeness (QED) is 0.825. The van der Waals surface area contributed by atoms with Crippen LogP contribution in [-0.2, 0) is 21.5 Å². The molecule has 2 saturated carbocycles. The smallest absolute Gasteiger partial charge is 0.255 e. The Morgan fingerprint density at radius 1 is 1.19 bits per heavy atom. The van der Waals surface area contributed by atoms with E-state index < -0.39 is 0 Å². The first-order valence-electron chi connectivity index (χ1n) is 10.5. The van der Waals surface area contributed by atoms with Crippen molar-refractivity contribution in [1.82, 2.24) is 14.8 Å². The lowest BCUT2D eigenvalue weighted by molar-refractivity contribution is -0.124. The van der Waals surface area contributed by atoms with Gasteiger partial charge in [-0.1, -0.05) is 39.0 Å². The van der Waals surface area contributed by atoms with Gasteiger partial charge in [0.05, 0.1) is 5.54 Å². The summed E-state index contributed by atoms with van der Waals surface area (Å²) in [5.74, 6) is 2.22. The summed E-state index contributed by atoms with van der Waals surface area (Å²) in [4.78, 5) is 19.8. The number of fused-ring (bicyclic) bond motifs is 4. The Morgan fingerprint density at radius 2 is 1.96 bits per heavy atom. The van der Waals surface area contributed by atoms with Crippen molar-refractivity contribution in [2.75, 3.05) is 18.6 Å². The van der Waals surface area contributed by atoms with Crippen LogP contribution in [0.4, 0.5) is 5.95 Å². The standard InChI is InChI=1S/C20H32N4O2/c1-3-9-17-21-19-23(18(25)14-26-2)16-11-6-5-10-15(16)20(24(19)22-17)12-7-4-8-13-20/h15-16H,3-14H2,1-2H3. The summed E-state index contributed by atoms with van der Waals surface area (Å²) in [6.45, 7) is 2.27. The molecular formula is C20H32N4O2. The van der Waals surface area contributed by atoms with Crippen LogP contribution in [0.5, 0.6) is 0 Å². The summed E-state index contributed by atoms with van der Waals surface area (Å²) in [5.41, 5.74) is 0.0709. The highest BCUT2D eigenvalue weighted by Crippen LogP contribution is 2.52. The number of nitrogens with zero attached hydrogens (tertiary/aromatic N) is 4. The molecule has 0 N–H and O–H groups in total. The largest absolute Gasteiger partial charge is 0.375 e. The Bertz CT molecular complexity index is 650. The number of carbonyl (C=O) groups is 1. The Kier molecular flexibility index (Phi) is 5.04. The zero-order valence-corrected chi connectivity index (χ0v) is 16.2. The van der Waals surface area contributed by atoms with Crippen molar-refractivity contribution in [3.63, 3.8) is 0 Å². The molecule has 1 aromatic rings. The summed E-state index contributed by atoms with van der Waals surface area (Å²) in [6, 6.07) is 0.260. The third-order valence-corrected chi connectivity index (χ3v) is 6.75. The Hall–Kier alpha value is -1.43. The number of aromatic nitrogens is 3. The van der Waals surface area contributed by atoms with Crippen molar-refractivity contribution >= 4 is 11.9 Å². The van der Waals surface area contributed by atoms with E-state index in [4.69, 9.17) is 14.8 Å². The fraction of sp³-hybridized carbons (Fsp3) is 0.850. The van der Waals surface area contributed by atoms with Gasteiger partial charge in [0.25, 0.3) is 5.91 Å². The number of hydrogen-bond acceptors (Lipinski definition) is 4. The van der Waals surface area contributed by atoms with Gasteiger partial charge in [0, 0.05) is 25.5 Å². The molecule has 26 heavy (non-hydrogen) atoms. The van der Waals surface area contributed by atoms with E-state index in [-0.39, 0.29) is 24.1 Å². The summed E-state index contributed by atoms with van der Waals surface area (Å²) >= 11 is 0. The molecule has 4 rings (SSSR count). The van der Waals surface area contributed by atoms with E-state index in [1.807, 2.05) is 4.90 Å². The van der Waals surface area contributed by atoms with Crippen molar-refractivity contribution in [3.05, 3.63) is 5.82 Å². The topological polar surface area (TPSA) is 60.2 Å². The van der Waals surface area contributed by atoms with Crippen LogP contribution in [0.15, 0.2) is 0 Å². The molecule has 2 heterocycles. The number of aryl methyl sites for hydroxylation is 1. The van der Waals surface area contributed by atoms with Gasteiger partial charge in [-0.15, -0.1) is 0 Å². The second kappa shape index (κ2) is 7.29. The molecule has 1 aliphatic heterocycles. The number of anilines is 1. The lowest BCUT2D eigenvalue weighted by Crippen LogP contribution is -2.62. The molecule has 144 valence electrons. The van der Waals surface area contributed by atoms with Crippen LogP contribution in [0.1, 0.15) is 77.0 Å². The molecule has 0 aromatic carbocycles. The molecule has 6 heteroatoms.